The van der Waals surface area contributed by atoms with E-state index in [0.717, 1.165) is 5.56 Å². The van der Waals surface area contributed by atoms with Gasteiger partial charge in [0.2, 0.25) is 5.91 Å². The van der Waals surface area contributed by atoms with Crippen LogP contribution in [0.5, 0.6) is 0 Å². The number of aliphatic hydroxyl groups is 1. The number of benzene rings is 1. The van der Waals surface area contributed by atoms with Gasteiger partial charge in [-0.05, 0) is 18.4 Å². The summed E-state index contributed by atoms with van der Waals surface area (Å²) < 4.78 is 0. The predicted octanol–water partition coefficient (Wildman–Crippen LogP) is 0.670. The van der Waals surface area contributed by atoms with Crippen LogP contribution in [-0.4, -0.2) is 35.1 Å². The third-order valence-electron chi connectivity index (χ3n) is 3.20. The van der Waals surface area contributed by atoms with Crippen LogP contribution in [0.15, 0.2) is 30.3 Å². The molecule has 1 unspecified atom stereocenters. The fraction of sp³-hybridized carbons (Fsp3) is 0.462. The molecule has 1 aromatic carbocycles. The molecule has 2 rings (SSSR count). The summed E-state index contributed by atoms with van der Waals surface area (Å²) in [6.45, 7) is 1.20. The largest absolute Gasteiger partial charge is 0.393 e. The van der Waals surface area contributed by atoms with Gasteiger partial charge in [-0.3, -0.25) is 4.79 Å². The molecular weight excluding hydrogens is 216 g/mol. The summed E-state index contributed by atoms with van der Waals surface area (Å²) in [6.07, 6.45) is 1.02. The minimum Gasteiger partial charge on any atom is -0.393 e. The van der Waals surface area contributed by atoms with Crippen molar-refractivity contribution in [2.45, 2.75) is 25.0 Å². The maximum atomic E-state index is 12.1. The lowest BCUT2D eigenvalue weighted by Crippen LogP contribution is -2.44. The van der Waals surface area contributed by atoms with Crippen molar-refractivity contribution in [3.05, 3.63) is 35.9 Å². The topological polar surface area (TPSA) is 66.6 Å². The molecule has 0 aromatic heterocycles. The normalized spacial score (nSPS) is 19.1. The summed E-state index contributed by atoms with van der Waals surface area (Å²) in [4.78, 5) is 13.9. The van der Waals surface area contributed by atoms with Crippen molar-refractivity contribution in [3.63, 3.8) is 0 Å². The molecule has 3 N–H and O–H groups in total. The molecule has 0 saturated carbocycles. The standard InChI is InChI=1S/C13H18N2O2/c14-12(10-4-2-1-3-5-10)13(17)15-8-6-11(16)7-9-15/h1-5,11-12,16H,6-9,14H2. The van der Waals surface area contributed by atoms with Crippen molar-refractivity contribution < 1.29 is 9.90 Å². The van der Waals surface area contributed by atoms with Gasteiger partial charge in [-0.2, -0.15) is 0 Å². The SMILES string of the molecule is NC(C(=O)N1CCC(O)CC1)c1ccccc1. The van der Waals surface area contributed by atoms with E-state index in [1.165, 1.54) is 0 Å². The maximum Gasteiger partial charge on any atom is 0.244 e. The van der Waals surface area contributed by atoms with Gasteiger partial charge in [0.25, 0.3) is 0 Å². The summed E-state index contributed by atoms with van der Waals surface area (Å²) in [5.74, 6) is -0.0527. The van der Waals surface area contributed by atoms with Crippen LogP contribution in [0.4, 0.5) is 0 Å². The molecule has 1 fully saturated rings. The Kier molecular flexibility index (Phi) is 3.76. The molecule has 1 atom stereocenters. The van der Waals surface area contributed by atoms with Crippen molar-refractivity contribution in [1.82, 2.24) is 4.90 Å². The molecule has 4 heteroatoms. The Labute approximate surface area is 101 Å². The monoisotopic (exact) mass is 234 g/mol. The highest BCUT2D eigenvalue weighted by Crippen LogP contribution is 2.17. The zero-order chi connectivity index (χ0) is 12.3. The summed E-state index contributed by atoms with van der Waals surface area (Å²) >= 11 is 0. The number of carbonyl (C=O) groups is 1. The number of aliphatic hydroxyl groups excluding tert-OH is 1. The first-order valence-corrected chi connectivity index (χ1v) is 5.96. The van der Waals surface area contributed by atoms with E-state index < -0.39 is 6.04 Å². The Bertz CT molecular complexity index is 372. The second kappa shape index (κ2) is 5.29. The molecule has 1 saturated heterocycles. The third-order valence-corrected chi connectivity index (χ3v) is 3.20. The molecule has 1 aliphatic rings. The third kappa shape index (κ3) is 2.84. The van der Waals surface area contributed by atoms with E-state index in [2.05, 4.69) is 0 Å². The van der Waals surface area contributed by atoms with Gasteiger partial charge in [-0.25, -0.2) is 0 Å². The number of nitrogens with zero attached hydrogens (tertiary/aromatic N) is 1. The van der Waals surface area contributed by atoms with Crippen LogP contribution in [0.1, 0.15) is 24.4 Å². The van der Waals surface area contributed by atoms with E-state index in [1.54, 1.807) is 4.90 Å². The van der Waals surface area contributed by atoms with E-state index in [9.17, 15) is 9.90 Å². The van der Waals surface area contributed by atoms with Gasteiger partial charge in [0, 0.05) is 13.1 Å². The molecule has 17 heavy (non-hydrogen) atoms. The Morgan fingerprint density at radius 3 is 2.47 bits per heavy atom. The van der Waals surface area contributed by atoms with Crippen molar-refractivity contribution in [3.8, 4) is 0 Å². The average Bonchev–Trinajstić information content (AvgIpc) is 2.39. The molecule has 1 heterocycles. The molecule has 0 spiro atoms. The van der Waals surface area contributed by atoms with Crippen LogP contribution >= 0.6 is 0 Å². The predicted molar refractivity (Wildman–Crippen MR) is 65.2 cm³/mol. The Morgan fingerprint density at radius 2 is 1.88 bits per heavy atom. The van der Waals surface area contributed by atoms with E-state index in [-0.39, 0.29) is 12.0 Å². The van der Waals surface area contributed by atoms with E-state index in [4.69, 9.17) is 5.73 Å². The summed E-state index contributed by atoms with van der Waals surface area (Å²) in [5.41, 5.74) is 6.79. The number of carbonyl (C=O) groups excluding carboxylic acids is 1. The van der Waals surface area contributed by atoms with Crippen molar-refractivity contribution >= 4 is 5.91 Å². The molecule has 92 valence electrons. The number of nitrogens with two attached hydrogens (primary N) is 1. The number of hydrogen-bond acceptors (Lipinski definition) is 3. The lowest BCUT2D eigenvalue weighted by molar-refractivity contribution is -0.134. The number of likely N-dealkylation sites (tertiary alicyclic amines) is 1. The van der Waals surface area contributed by atoms with Crippen LogP contribution in [-0.2, 0) is 4.79 Å². The molecule has 1 aliphatic heterocycles. The second-order valence-electron chi connectivity index (χ2n) is 4.44. The lowest BCUT2D eigenvalue weighted by Gasteiger charge is -2.31. The lowest BCUT2D eigenvalue weighted by atomic mass is 10.0. The Hall–Kier alpha value is -1.39. The van der Waals surface area contributed by atoms with Gasteiger partial charge in [0.05, 0.1) is 6.10 Å². The number of piperidine rings is 1. The van der Waals surface area contributed by atoms with Gasteiger partial charge < -0.3 is 15.7 Å². The minimum atomic E-state index is -0.591. The van der Waals surface area contributed by atoms with Gasteiger partial charge in [0.1, 0.15) is 6.04 Å². The number of hydrogen-bond donors (Lipinski definition) is 2. The van der Waals surface area contributed by atoms with Gasteiger partial charge in [-0.1, -0.05) is 30.3 Å². The molecule has 1 aromatic rings. The van der Waals surface area contributed by atoms with E-state index >= 15 is 0 Å². The minimum absolute atomic E-state index is 0.0527. The summed E-state index contributed by atoms with van der Waals surface area (Å²) in [6, 6.07) is 8.79. The van der Waals surface area contributed by atoms with Gasteiger partial charge in [0.15, 0.2) is 0 Å². The second-order valence-corrected chi connectivity index (χ2v) is 4.44. The first kappa shape index (κ1) is 12.1. The molecule has 0 radical (unpaired) electrons. The molecular formula is C13H18N2O2. The van der Waals surface area contributed by atoms with Crippen LogP contribution in [0.25, 0.3) is 0 Å². The van der Waals surface area contributed by atoms with Crippen LogP contribution in [0.3, 0.4) is 0 Å². The van der Waals surface area contributed by atoms with E-state index in [0.29, 0.717) is 25.9 Å². The van der Waals surface area contributed by atoms with Crippen LogP contribution in [0.2, 0.25) is 0 Å². The Balaban J connectivity index is 2.00. The first-order chi connectivity index (χ1) is 8.18. The van der Waals surface area contributed by atoms with Crippen LogP contribution in [0, 0.1) is 0 Å². The molecule has 0 bridgehead atoms. The highest BCUT2D eigenvalue weighted by atomic mass is 16.3. The van der Waals surface area contributed by atoms with Gasteiger partial charge in [-0.15, -0.1) is 0 Å². The van der Waals surface area contributed by atoms with E-state index in [1.807, 2.05) is 30.3 Å². The fourth-order valence-corrected chi connectivity index (χ4v) is 2.09. The quantitative estimate of drug-likeness (QED) is 0.790. The molecule has 0 aliphatic carbocycles. The van der Waals surface area contributed by atoms with Crippen LogP contribution < -0.4 is 5.73 Å². The fourth-order valence-electron chi connectivity index (χ4n) is 2.09. The van der Waals surface area contributed by atoms with Gasteiger partial charge >= 0.3 is 0 Å². The highest BCUT2D eigenvalue weighted by Gasteiger charge is 2.26. The first-order valence-electron chi connectivity index (χ1n) is 5.96. The van der Waals surface area contributed by atoms with Crippen molar-refractivity contribution in [2.75, 3.05) is 13.1 Å². The molecule has 1 amide bonds. The average molecular weight is 234 g/mol. The maximum absolute atomic E-state index is 12.1. The number of rotatable bonds is 2. The molecule has 4 nitrogen and oxygen atoms in total. The summed E-state index contributed by atoms with van der Waals surface area (Å²) in [7, 11) is 0. The smallest absolute Gasteiger partial charge is 0.244 e. The zero-order valence-electron chi connectivity index (χ0n) is 9.75. The Morgan fingerprint density at radius 1 is 1.29 bits per heavy atom. The van der Waals surface area contributed by atoms with Crippen molar-refractivity contribution in [2.24, 2.45) is 5.73 Å². The van der Waals surface area contributed by atoms with Crippen molar-refractivity contribution in [1.29, 1.82) is 0 Å². The summed E-state index contributed by atoms with van der Waals surface area (Å²) in [5, 5.41) is 9.40. The zero-order valence-corrected chi connectivity index (χ0v) is 9.75. The highest BCUT2D eigenvalue weighted by molar-refractivity contribution is 5.83. The number of amides is 1.